The first kappa shape index (κ1) is 11.7. The minimum atomic E-state index is 0.324. The second kappa shape index (κ2) is 4.64. The van der Waals surface area contributed by atoms with E-state index in [0.29, 0.717) is 17.4 Å². The Balaban J connectivity index is 1.76. The first-order chi connectivity index (χ1) is 7.58. The highest BCUT2D eigenvalue weighted by atomic mass is 15.1. The molecule has 0 aromatic heterocycles. The maximum atomic E-state index is 5.89. The molecule has 3 heteroatoms. The van der Waals surface area contributed by atoms with Crippen molar-refractivity contribution in [2.75, 3.05) is 6.54 Å². The zero-order chi connectivity index (χ0) is 11.6. The molecule has 0 aliphatic heterocycles. The van der Waals surface area contributed by atoms with Crippen LogP contribution in [0.2, 0.25) is 0 Å². The quantitative estimate of drug-likeness (QED) is 0.567. The molecule has 92 valence electrons. The fourth-order valence-corrected chi connectivity index (χ4v) is 2.42. The summed E-state index contributed by atoms with van der Waals surface area (Å²) < 4.78 is 0. The summed E-state index contributed by atoms with van der Waals surface area (Å²) in [5, 5.41) is 3.29. The van der Waals surface area contributed by atoms with Gasteiger partial charge in [-0.15, -0.1) is 0 Å². The maximum Gasteiger partial charge on any atom is 0.188 e. The van der Waals surface area contributed by atoms with E-state index in [-0.39, 0.29) is 0 Å². The Morgan fingerprint density at radius 2 is 1.88 bits per heavy atom. The summed E-state index contributed by atoms with van der Waals surface area (Å²) >= 11 is 0. The number of hydrogen-bond acceptors (Lipinski definition) is 1. The molecule has 0 aromatic carbocycles. The van der Waals surface area contributed by atoms with Gasteiger partial charge in [-0.1, -0.05) is 20.3 Å². The minimum absolute atomic E-state index is 0.324. The van der Waals surface area contributed by atoms with Crippen LogP contribution >= 0.6 is 0 Å². The van der Waals surface area contributed by atoms with Crippen LogP contribution in [0.15, 0.2) is 4.99 Å². The predicted octanol–water partition coefficient (Wildman–Crippen LogP) is 2.27. The third-order valence-corrected chi connectivity index (χ3v) is 4.32. The molecule has 3 N–H and O–H groups in total. The lowest BCUT2D eigenvalue weighted by Gasteiger charge is -2.39. The SMILES string of the molecule is CC(C)(CN=C(N)NC1CCC1)C1CCC1. The standard InChI is InChI=1S/C13H25N3/c1-13(2,10-5-3-6-10)9-15-12(14)16-11-7-4-8-11/h10-11H,3-9H2,1-2H3,(H3,14,15,16). The van der Waals surface area contributed by atoms with Crippen molar-refractivity contribution in [1.29, 1.82) is 0 Å². The molecule has 0 atom stereocenters. The molecule has 0 spiro atoms. The Kier molecular flexibility index (Phi) is 3.41. The zero-order valence-corrected chi connectivity index (χ0v) is 10.6. The van der Waals surface area contributed by atoms with Crippen molar-refractivity contribution < 1.29 is 0 Å². The van der Waals surface area contributed by atoms with Crippen LogP contribution in [0.3, 0.4) is 0 Å². The Hall–Kier alpha value is -0.730. The highest BCUT2D eigenvalue weighted by Crippen LogP contribution is 2.41. The molecule has 2 aliphatic carbocycles. The molecule has 0 saturated heterocycles. The summed E-state index contributed by atoms with van der Waals surface area (Å²) in [4.78, 5) is 4.50. The number of nitrogens with two attached hydrogens (primary N) is 1. The number of hydrogen-bond donors (Lipinski definition) is 2. The second-order valence-corrected chi connectivity index (χ2v) is 6.09. The molecule has 2 rings (SSSR count). The molecular formula is C13H25N3. The predicted molar refractivity (Wildman–Crippen MR) is 68.4 cm³/mol. The third-order valence-electron chi connectivity index (χ3n) is 4.32. The first-order valence-corrected chi connectivity index (χ1v) is 6.64. The largest absolute Gasteiger partial charge is 0.370 e. The summed E-state index contributed by atoms with van der Waals surface area (Å²) in [6.45, 7) is 5.50. The zero-order valence-electron chi connectivity index (χ0n) is 10.6. The van der Waals surface area contributed by atoms with Crippen molar-refractivity contribution >= 4 is 5.96 Å². The van der Waals surface area contributed by atoms with Crippen molar-refractivity contribution in [3.63, 3.8) is 0 Å². The van der Waals surface area contributed by atoms with Gasteiger partial charge in [-0.05, 0) is 43.4 Å². The topological polar surface area (TPSA) is 50.4 Å². The van der Waals surface area contributed by atoms with Gasteiger partial charge in [0.15, 0.2) is 5.96 Å². The Morgan fingerprint density at radius 3 is 2.31 bits per heavy atom. The van der Waals surface area contributed by atoms with E-state index in [2.05, 4.69) is 24.2 Å². The van der Waals surface area contributed by atoms with E-state index in [1.807, 2.05) is 0 Å². The molecule has 0 bridgehead atoms. The van der Waals surface area contributed by atoms with E-state index in [0.717, 1.165) is 12.5 Å². The van der Waals surface area contributed by atoms with E-state index in [9.17, 15) is 0 Å². The van der Waals surface area contributed by atoms with Crippen LogP contribution in [0.4, 0.5) is 0 Å². The van der Waals surface area contributed by atoms with Crippen LogP contribution in [-0.4, -0.2) is 18.5 Å². The highest BCUT2D eigenvalue weighted by Gasteiger charge is 2.33. The van der Waals surface area contributed by atoms with Crippen LogP contribution in [-0.2, 0) is 0 Å². The number of nitrogens with zero attached hydrogens (tertiary/aromatic N) is 1. The van der Waals surface area contributed by atoms with Gasteiger partial charge in [-0.2, -0.15) is 0 Å². The van der Waals surface area contributed by atoms with E-state index in [1.54, 1.807) is 0 Å². The smallest absolute Gasteiger partial charge is 0.188 e. The molecule has 0 radical (unpaired) electrons. The normalized spacial score (nSPS) is 23.8. The van der Waals surface area contributed by atoms with Crippen LogP contribution in [0.1, 0.15) is 52.4 Å². The summed E-state index contributed by atoms with van der Waals surface area (Å²) in [7, 11) is 0. The fourth-order valence-electron chi connectivity index (χ4n) is 2.42. The summed E-state index contributed by atoms with van der Waals surface area (Å²) in [6.07, 6.45) is 7.98. The molecule has 0 unspecified atom stereocenters. The molecule has 16 heavy (non-hydrogen) atoms. The van der Waals surface area contributed by atoms with Gasteiger partial charge in [0.05, 0.1) is 0 Å². The van der Waals surface area contributed by atoms with Gasteiger partial charge in [0.1, 0.15) is 0 Å². The summed E-state index contributed by atoms with van der Waals surface area (Å²) in [6, 6.07) is 0.593. The van der Waals surface area contributed by atoms with Gasteiger partial charge in [-0.3, -0.25) is 4.99 Å². The minimum Gasteiger partial charge on any atom is -0.370 e. The lowest BCUT2D eigenvalue weighted by atomic mass is 9.67. The Bertz CT molecular complexity index is 262. The first-order valence-electron chi connectivity index (χ1n) is 6.64. The number of rotatable bonds is 4. The lowest BCUT2D eigenvalue weighted by Crippen LogP contribution is -2.44. The molecule has 0 heterocycles. The number of nitrogens with one attached hydrogen (secondary N) is 1. The van der Waals surface area contributed by atoms with E-state index in [1.165, 1.54) is 38.5 Å². The van der Waals surface area contributed by atoms with Gasteiger partial charge in [0.25, 0.3) is 0 Å². The third kappa shape index (κ3) is 2.69. The van der Waals surface area contributed by atoms with Crippen molar-refractivity contribution in [1.82, 2.24) is 5.32 Å². The molecule has 2 fully saturated rings. The van der Waals surface area contributed by atoms with Crippen LogP contribution in [0, 0.1) is 11.3 Å². The molecule has 0 aromatic rings. The molecule has 2 saturated carbocycles. The molecule has 2 aliphatic rings. The van der Waals surface area contributed by atoms with Gasteiger partial charge in [0, 0.05) is 12.6 Å². The molecular weight excluding hydrogens is 198 g/mol. The fraction of sp³-hybridized carbons (Fsp3) is 0.923. The average Bonchev–Trinajstić information content (AvgIpc) is 2.04. The highest BCUT2D eigenvalue weighted by molar-refractivity contribution is 5.78. The van der Waals surface area contributed by atoms with Gasteiger partial charge < -0.3 is 11.1 Å². The van der Waals surface area contributed by atoms with E-state index < -0.39 is 0 Å². The number of aliphatic imine (C=N–C) groups is 1. The molecule has 3 nitrogen and oxygen atoms in total. The Morgan fingerprint density at radius 1 is 1.25 bits per heavy atom. The summed E-state index contributed by atoms with van der Waals surface area (Å²) in [5.41, 5.74) is 6.21. The summed E-state index contributed by atoms with van der Waals surface area (Å²) in [5.74, 6) is 1.50. The maximum absolute atomic E-state index is 5.89. The van der Waals surface area contributed by atoms with Crippen LogP contribution in [0.5, 0.6) is 0 Å². The Labute approximate surface area is 98.9 Å². The van der Waals surface area contributed by atoms with Gasteiger partial charge in [-0.25, -0.2) is 0 Å². The van der Waals surface area contributed by atoms with Crippen molar-refractivity contribution in [2.24, 2.45) is 22.1 Å². The van der Waals surface area contributed by atoms with Crippen LogP contribution < -0.4 is 11.1 Å². The van der Waals surface area contributed by atoms with Crippen LogP contribution in [0.25, 0.3) is 0 Å². The van der Waals surface area contributed by atoms with Crippen molar-refractivity contribution in [2.45, 2.75) is 58.4 Å². The molecule has 0 amide bonds. The lowest BCUT2D eigenvalue weighted by molar-refractivity contribution is 0.130. The van der Waals surface area contributed by atoms with E-state index >= 15 is 0 Å². The van der Waals surface area contributed by atoms with Crippen molar-refractivity contribution in [3.05, 3.63) is 0 Å². The monoisotopic (exact) mass is 223 g/mol. The van der Waals surface area contributed by atoms with Gasteiger partial charge >= 0.3 is 0 Å². The number of guanidine groups is 1. The van der Waals surface area contributed by atoms with E-state index in [4.69, 9.17) is 5.73 Å². The van der Waals surface area contributed by atoms with Gasteiger partial charge in [0.2, 0.25) is 0 Å². The second-order valence-electron chi connectivity index (χ2n) is 6.09. The average molecular weight is 223 g/mol. The van der Waals surface area contributed by atoms with Crippen molar-refractivity contribution in [3.8, 4) is 0 Å².